The highest BCUT2D eigenvalue weighted by Crippen LogP contribution is 2.23. The van der Waals surface area contributed by atoms with Crippen molar-refractivity contribution in [2.45, 2.75) is 46.8 Å². The van der Waals surface area contributed by atoms with Crippen LogP contribution < -0.4 is 4.74 Å². The SMILES string of the molecule is CC[C@@H](Oc1cccc(C)c1C)C(=O)N(C)Cc1nc(-c2cccc(C)c2)no1. The van der Waals surface area contributed by atoms with Crippen LogP contribution in [0, 0.1) is 20.8 Å². The quantitative estimate of drug-likeness (QED) is 0.592. The van der Waals surface area contributed by atoms with Crippen LogP contribution in [-0.4, -0.2) is 34.1 Å². The van der Waals surface area contributed by atoms with Gasteiger partial charge in [-0.25, -0.2) is 0 Å². The number of hydrogen-bond donors (Lipinski definition) is 0. The third kappa shape index (κ3) is 4.83. The van der Waals surface area contributed by atoms with Gasteiger partial charge < -0.3 is 14.2 Å². The second kappa shape index (κ2) is 8.90. The Labute approximate surface area is 171 Å². The monoisotopic (exact) mass is 393 g/mol. The second-order valence-corrected chi connectivity index (χ2v) is 7.29. The first-order valence-electron chi connectivity index (χ1n) is 9.76. The molecule has 152 valence electrons. The molecule has 3 aromatic rings. The summed E-state index contributed by atoms with van der Waals surface area (Å²) in [5.41, 5.74) is 4.18. The van der Waals surface area contributed by atoms with Crippen molar-refractivity contribution in [3.63, 3.8) is 0 Å². The molecule has 6 heteroatoms. The Kier molecular flexibility index (Phi) is 6.32. The van der Waals surface area contributed by atoms with E-state index in [2.05, 4.69) is 10.1 Å². The first-order chi connectivity index (χ1) is 13.9. The predicted octanol–water partition coefficient (Wildman–Crippen LogP) is 4.48. The number of amides is 1. The van der Waals surface area contributed by atoms with Gasteiger partial charge in [-0.15, -0.1) is 0 Å². The number of ether oxygens (including phenoxy) is 1. The lowest BCUT2D eigenvalue weighted by atomic mass is 10.1. The summed E-state index contributed by atoms with van der Waals surface area (Å²) in [6, 6.07) is 13.7. The Bertz CT molecular complexity index is 997. The summed E-state index contributed by atoms with van der Waals surface area (Å²) in [7, 11) is 1.72. The van der Waals surface area contributed by atoms with Crippen LogP contribution in [0.1, 0.15) is 35.9 Å². The zero-order chi connectivity index (χ0) is 21.0. The van der Waals surface area contributed by atoms with Crippen LogP contribution in [0.2, 0.25) is 0 Å². The third-order valence-corrected chi connectivity index (χ3v) is 4.96. The largest absolute Gasteiger partial charge is 0.480 e. The molecular weight excluding hydrogens is 366 g/mol. The van der Waals surface area contributed by atoms with E-state index in [1.165, 1.54) is 0 Å². The average molecular weight is 393 g/mol. The van der Waals surface area contributed by atoms with Gasteiger partial charge in [0, 0.05) is 12.6 Å². The van der Waals surface area contributed by atoms with E-state index in [0.717, 1.165) is 28.0 Å². The minimum atomic E-state index is -0.570. The van der Waals surface area contributed by atoms with Crippen molar-refractivity contribution in [3.8, 4) is 17.1 Å². The highest BCUT2D eigenvalue weighted by atomic mass is 16.5. The molecule has 0 aliphatic rings. The van der Waals surface area contributed by atoms with Gasteiger partial charge in [-0.1, -0.05) is 48.0 Å². The first kappa shape index (κ1) is 20.6. The summed E-state index contributed by atoms with van der Waals surface area (Å²) in [6.45, 7) is 8.20. The van der Waals surface area contributed by atoms with Crippen LogP contribution in [0.3, 0.4) is 0 Å². The smallest absolute Gasteiger partial charge is 0.263 e. The Morgan fingerprint density at radius 3 is 2.66 bits per heavy atom. The van der Waals surface area contributed by atoms with Crippen molar-refractivity contribution in [2.75, 3.05) is 7.05 Å². The van der Waals surface area contributed by atoms with Gasteiger partial charge in [0.2, 0.25) is 11.7 Å². The number of nitrogens with zero attached hydrogens (tertiary/aromatic N) is 3. The van der Waals surface area contributed by atoms with Gasteiger partial charge in [-0.05, 0) is 50.5 Å². The molecule has 0 spiro atoms. The number of benzene rings is 2. The van der Waals surface area contributed by atoms with E-state index >= 15 is 0 Å². The molecule has 1 heterocycles. The Morgan fingerprint density at radius 1 is 1.17 bits per heavy atom. The maximum absolute atomic E-state index is 12.9. The Hall–Kier alpha value is -3.15. The molecule has 0 unspecified atom stereocenters. The molecule has 0 aliphatic carbocycles. The lowest BCUT2D eigenvalue weighted by Crippen LogP contribution is -2.39. The topological polar surface area (TPSA) is 68.5 Å². The van der Waals surface area contributed by atoms with E-state index < -0.39 is 6.10 Å². The van der Waals surface area contributed by atoms with Gasteiger partial charge in [0.05, 0.1) is 6.54 Å². The van der Waals surface area contributed by atoms with Crippen molar-refractivity contribution in [1.82, 2.24) is 15.0 Å². The zero-order valence-electron chi connectivity index (χ0n) is 17.6. The second-order valence-electron chi connectivity index (χ2n) is 7.29. The summed E-state index contributed by atoms with van der Waals surface area (Å²) >= 11 is 0. The van der Waals surface area contributed by atoms with Crippen LogP contribution >= 0.6 is 0 Å². The molecule has 0 aliphatic heterocycles. The molecule has 0 N–H and O–H groups in total. The van der Waals surface area contributed by atoms with Gasteiger partial charge in [0.1, 0.15) is 5.75 Å². The van der Waals surface area contributed by atoms with Crippen molar-refractivity contribution < 1.29 is 14.1 Å². The van der Waals surface area contributed by atoms with Gasteiger partial charge >= 0.3 is 0 Å². The zero-order valence-corrected chi connectivity index (χ0v) is 17.6. The van der Waals surface area contributed by atoms with E-state index in [4.69, 9.17) is 9.26 Å². The summed E-state index contributed by atoms with van der Waals surface area (Å²) in [5, 5.41) is 4.04. The standard InChI is InChI=1S/C23H27N3O3/c1-6-19(28-20-12-8-10-16(3)17(20)4)23(27)26(5)14-21-24-22(25-29-21)18-11-7-9-15(2)13-18/h7-13,19H,6,14H2,1-5H3/t19-/m1/s1. The van der Waals surface area contributed by atoms with Crippen molar-refractivity contribution in [3.05, 3.63) is 65.0 Å². The minimum absolute atomic E-state index is 0.122. The Balaban J connectivity index is 1.68. The summed E-state index contributed by atoms with van der Waals surface area (Å²) in [6.07, 6.45) is -0.00534. The van der Waals surface area contributed by atoms with Crippen LogP contribution in [0.5, 0.6) is 5.75 Å². The molecule has 6 nitrogen and oxygen atoms in total. The number of carbonyl (C=O) groups is 1. The lowest BCUT2D eigenvalue weighted by Gasteiger charge is -2.23. The normalized spacial score (nSPS) is 11.9. The van der Waals surface area contributed by atoms with Crippen molar-refractivity contribution in [2.24, 2.45) is 0 Å². The number of rotatable bonds is 7. The van der Waals surface area contributed by atoms with Gasteiger partial charge in [-0.3, -0.25) is 4.79 Å². The molecule has 0 fully saturated rings. The maximum atomic E-state index is 12.9. The summed E-state index contributed by atoms with van der Waals surface area (Å²) < 4.78 is 11.4. The predicted molar refractivity (Wildman–Crippen MR) is 112 cm³/mol. The average Bonchev–Trinajstić information content (AvgIpc) is 3.17. The molecule has 1 atom stereocenters. The van der Waals surface area contributed by atoms with Gasteiger partial charge in [0.15, 0.2) is 6.10 Å². The van der Waals surface area contributed by atoms with Crippen LogP contribution in [0.4, 0.5) is 0 Å². The molecular formula is C23H27N3O3. The molecule has 0 saturated heterocycles. The first-order valence-corrected chi connectivity index (χ1v) is 9.76. The lowest BCUT2D eigenvalue weighted by molar-refractivity contribution is -0.138. The minimum Gasteiger partial charge on any atom is -0.480 e. The van der Waals surface area contributed by atoms with Gasteiger partial charge in [0.25, 0.3) is 5.91 Å². The molecule has 1 amide bonds. The molecule has 1 aromatic heterocycles. The van der Waals surface area contributed by atoms with E-state index in [0.29, 0.717) is 18.1 Å². The molecule has 0 bridgehead atoms. The van der Waals surface area contributed by atoms with E-state index in [-0.39, 0.29) is 12.5 Å². The molecule has 2 aromatic carbocycles. The molecule has 3 rings (SSSR count). The van der Waals surface area contributed by atoms with E-state index in [1.54, 1.807) is 11.9 Å². The number of aryl methyl sites for hydroxylation is 2. The number of likely N-dealkylation sites (N-methyl/N-ethyl adjacent to an activating group) is 1. The number of aromatic nitrogens is 2. The molecule has 29 heavy (non-hydrogen) atoms. The summed E-state index contributed by atoms with van der Waals surface area (Å²) in [5.74, 6) is 1.52. The maximum Gasteiger partial charge on any atom is 0.263 e. The van der Waals surface area contributed by atoms with Crippen LogP contribution in [0.25, 0.3) is 11.4 Å². The van der Waals surface area contributed by atoms with Crippen LogP contribution in [-0.2, 0) is 11.3 Å². The fourth-order valence-electron chi connectivity index (χ4n) is 3.06. The van der Waals surface area contributed by atoms with E-state index in [9.17, 15) is 4.79 Å². The molecule has 0 saturated carbocycles. The molecule has 0 radical (unpaired) electrons. The number of hydrogen-bond acceptors (Lipinski definition) is 5. The third-order valence-electron chi connectivity index (χ3n) is 4.96. The van der Waals surface area contributed by atoms with Crippen molar-refractivity contribution >= 4 is 5.91 Å². The van der Waals surface area contributed by atoms with E-state index in [1.807, 2.05) is 70.2 Å². The number of carbonyl (C=O) groups excluding carboxylic acids is 1. The highest BCUT2D eigenvalue weighted by Gasteiger charge is 2.24. The fraction of sp³-hybridized carbons (Fsp3) is 0.348. The summed E-state index contributed by atoms with van der Waals surface area (Å²) in [4.78, 5) is 18.9. The van der Waals surface area contributed by atoms with Crippen molar-refractivity contribution in [1.29, 1.82) is 0 Å². The Morgan fingerprint density at radius 2 is 1.93 bits per heavy atom. The fourth-order valence-corrected chi connectivity index (χ4v) is 3.06. The van der Waals surface area contributed by atoms with Crippen LogP contribution in [0.15, 0.2) is 47.0 Å². The van der Waals surface area contributed by atoms with Gasteiger partial charge in [-0.2, -0.15) is 4.98 Å². The highest BCUT2D eigenvalue weighted by molar-refractivity contribution is 5.81.